The van der Waals surface area contributed by atoms with Crippen molar-refractivity contribution in [1.82, 2.24) is 19.7 Å². The molecule has 2 aromatic heterocycles. The average Bonchev–Trinajstić information content (AvgIpc) is 3.30. The largest absolute Gasteiger partial charge is 0.444 e. The molecule has 0 saturated heterocycles. The lowest BCUT2D eigenvalue weighted by molar-refractivity contribution is 0.573. The number of nitrogens with zero attached hydrogens (tertiary/aromatic N) is 4. The molecule has 0 aliphatic heterocycles. The molecule has 0 saturated carbocycles. The van der Waals surface area contributed by atoms with Gasteiger partial charge in [-0.3, -0.25) is 0 Å². The zero-order valence-corrected chi connectivity index (χ0v) is 14.7. The Morgan fingerprint density at radius 2 is 1.92 bits per heavy atom. The summed E-state index contributed by atoms with van der Waals surface area (Å²) in [7, 11) is 1.93. The number of aromatic nitrogens is 4. The highest BCUT2D eigenvalue weighted by atomic mass is 16.3. The summed E-state index contributed by atoms with van der Waals surface area (Å²) in [5.41, 5.74) is 5.04. The van der Waals surface area contributed by atoms with E-state index in [1.807, 2.05) is 48.0 Å². The fourth-order valence-electron chi connectivity index (χ4n) is 2.72. The highest BCUT2D eigenvalue weighted by molar-refractivity contribution is 5.62. The molecule has 0 radical (unpaired) electrons. The van der Waals surface area contributed by atoms with Crippen LogP contribution in [0.4, 0.5) is 5.69 Å². The Kier molecular flexibility index (Phi) is 4.23. The molecule has 0 spiro atoms. The molecule has 6 nitrogen and oxygen atoms in total. The highest BCUT2D eigenvalue weighted by Gasteiger charge is 2.08. The summed E-state index contributed by atoms with van der Waals surface area (Å²) in [4.78, 5) is 4.56. The van der Waals surface area contributed by atoms with Crippen molar-refractivity contribution in [1.29, 1.82) is 0 Å². The molecule has 0 atom stereocenters. The second-order valence-electron chi connectivity index (χ2n) is 6.21. The molecule has 0 aliphatic carbocycles. The molecule has 6 heteroatoms. The number of anilines is 1. The van der Waals surface area contributed by atoms with Gasteiger partial charge in [0.2, 0.25) is 5.89 Å². The van der Waals surface area contributed by atoms with E-state index in [1.54, 1.807) is 12.6 Å². The number of nitrogens with one attached hydrogen (secondary N) is 1. The van der Waals surface area contributed by atoms with Crippen LogP contribution < -0.4 is 5.32 Å². The predicted molar refractivity (Wildman–Crippen MR) is 100 cm³/mol. The molecular formula is C20H19N5O. The molecule has 0 amide bonds. The Morgan fingerprint density at radius 1 is 1.08 bits per heavy atom. The van der Waals surface area contributed by atoms with Crippen LogP contribution in [0, 0.1) is 6.92 Å². The molecule has 0 fully saturated rings. The van der Waals surface area contributed by atoms with Crippen LogP contribution in [-0.2, 0) is 13.6 Å². The number of oxazole rings is 1. The molecular weight excluding hydrogens is 326 g/mol. The molecule has 0 bridgehead atoms. The number of aryl methyl sites for hydroxylation is 2. The van der Waals surface area contributed by atoms with E-state index in [2.05, 4.69) is 39.6 Å². The van der Waals surface area contributed by atoms with Crippen molar-refractivity contribution < 1.29 is 4.42 Å². The zero-order valence-electron chi connectivity index (χ0n) is 14.7. The van der Waals surface area contributed by atoms with E-state index in [1.165, 1.54) is 5.56 Å². The van der Waals surface area contributed by atoms with Crippen LogP contribution in [0.1, 0.15) is 11.3 Å². The number of benzene rings is 2. The normalized spacial score (nSPS) is 10.8. The van der Waals surface area contributed by atoms with Crippen LogP contribution in [0.2, 0.25) is 0 Å². The first-order valence-electron chi connectivity index (χ1n) is 8.39. The van der Waals surface area contributed by atoms with Crippen molar-refractivity contribution >= 4 is 5.69 Å². The molecule has 1 N–H and O–H groups in total. The van der Waals surface area contributed by atoms with Gasteiger partial charge in [-0.15, -0.1) is 10.2 Å². The summed E-state index contributed by atoms with van der Waals surface area (Å²) in [5.74, 6) is 1.46. The summed E-state index contributed by atoms with van der Waals surface area (Å²) in [6.45, 7) is 2.64. The van der Waals surface area contributed by atoms with Gasteiger partial charge in [-0.2, -0.15) is 0 Å². The second-order valence-corrected chi connectivity index (χ2v) is 6.21. The van der Waals surface area contributed by atoms with E-state index in [0.29, 0.717) is 12.4 Å². The lowest BCUT2D eigenvalue weighted by atomic mass is 10.1. The van der Waals surface area contributed by atoms with Gasteiger partial charge in [-0.1, -0.05) is 29.8 Å². The molecule has 130 valence electrons. The summed E-state index contributed by atoms with van der Waals surface area (Å²) >= 11 is 0. The fraction of sp³-hybridized carbons (Fsp3) is 0.150. The van der Waals surface area contributed by atoms with Crippen molar-refractivity contribution in [2.75, 3.05) is 5.32 Å². The van der Waals surface area contributed by atoms with Crippen LogP contribution in [0.15, 0.2) is 65.5 Å². The van der Waals surface area contributed by atoms with Gasteiger partial charge in [0.1, 0.15) is 12.6 Å². The van der Waals surface area contributed by atoms with Crippen LogP contribution in [0.5, 0.6) is 0 Å². The van der Waals surface area contributed by atoms with E-state index in [4.69, 9.17) is 4.42 Å². The monoisotopic (exact) mass is 345 g/mol. The standard InChI is InChI=1S/C20H19N5O/c1-14-6-8-15(9-7-14)20-23-18(12-26-20)11-21-17-5-3-4-16(10-17)19-24-22-13-25(19)2/h3-10,12-13,21H,11H2,1-2H3. The smallest absolute Gasteiger partial charge is 0.226 e. The van der Waals surface area contributed by atoms with E-state index in [-0.39, 0.29) is 0 Å². The zero-order chi connectivity index (χ0) is 17.9. The SMILES string of the molecule is Cc1ccc(-c2nc(CNc3cccc(-c4nncn4C)c3)co2)cc1. The lowest BCUT2D eigenvalue weighted by Gasteiger charge is -2.06. The third-order valence-electron chi connectivity index (χ3n) is 4.16. The van der Waals surface area contributed by atoms with Crippen molar-refractivity contribution in [2.45, 2.75) is 13.5 Å². The van der Waals surface area contributed by atoms with E-state index >= 15 is 0 Å². The lowest BCUT2D eigenvalue weighted by Crippen LogP contribution is -2.00. The molecule has 4 rings (SSSR count). The maximum atomic E-state index is 5.60. The van der Waals surface area contributed by atoms with E-state index in [9.17, 15) is 0 Å². The molecule has 2 aromatic carbocycles. The van der Waals surface area contributed by atoms with Crippen LogP contribution in [-0.4, -0.2) is 19.7 Å². The summed E-state index contributed by atoms with van der Waals surface area (Å²) in [6.07, 6.45) is 3.38. The van der Waals surface area contributed by atoms with Crippen LogP contribution in [0.25, 0.3) is 22.8 Å². The first-order valence-corrected chi connectivity index (χ1v) is 8.39. The number of hydrogen-bond donors (Lipinski definition) is 1. The predicted octanol–water partition coefficient (Wildman–Crippen LogP) is 4.06. The first-order chi connectivity index (χ1) is 12.7. The van der Waals surface area contributed by atoms with Gasteiger partial charge < -0.3 is 14.3 Å². The van der Waals surface area contributed by atoms with Crippen LogP contribution >= 0.6 is 0 Å². The molecule has 0 aliphatic rings. The Labute approximate surface area is 151 Å². The topological polar surface area (TPSA) is 68.8 Å². The molecule has 2 heterocycles. The molecule has 4 aromatic rings. The Morgan fingerprint density at radius 3 is 2.69 bits per heavy atom. The van der Waals surface area contributed by atoms with Gasteiger partial charge in [0.25, 0.3) is 0 Å². The minimum Gasteiger partial charge on any atom is -0.444 e. The van der Waals surface area contributed by atoms with E-state index < -0.39 is 0 Å². The van der Waals surface area contributed by atoms with Gasteiger partial charge in [-0.05, 0) is 31.2 Å². The first kappa shape index (κ1) is 16.1. The van der Waals surface area contributed by atoms with Crippen LogP contribution in [0.3, 0.4) is 0 Å². The van der Waals surface area contributed by atoms with Gasteiger partial charge in [-0.25, -0.2) is 4.98 Å². The van der Waals surface area contributed by atoms with Crippen molar-refractivity contribution in [2.24, 2.45) is 7.05 Å². The second kappa shape index (κ2) is 6.84. The van der Waals surface area contributed by atoms with E-state index in [0.717, 1.165) is 28.3 Å². The van der Waals surface area contributed by atoms with Gasteiger partial charge in [0.05, 0.1) is 12.2 Å². The number of hydrogen-bond acceptors (Lipinski definition) is 5. The minimum atomic E-state index is 0.581. The molecule has 0 unspecified atom stereocenters. The van der Waals surface area contributed by atoms with Gasteiger partial charge in [0, 0.05) is 23.9 Å². The molecule has 26 heavy (non-hydrogen) atoms. The van der Waals surface area contributed by atoms with Crippen molar-refractivity contribution in [3.05, 3.63) is 72.4 Å². The third-order valence-corrected chi connectivity index (χ3v) is 4.16. The van der Waals surface area contributed by atoms with Crippen molar-refractivity contribution in [3.63, 3.8) is 0 Å². The maximum absolute atomic E-state index is 5.60. The maximum Gasteiger partial charge on any atom is 0.226 e. The third kappa shape index (κ3) is 3.35. The fourth-order valence-corrected chi connectivity index (χ4v) is 2.72. The summed E-state index contributed by atoms with van der Waals surface area (Å²) < 4.78 is 7.50. The minimum absolute atomic E-state index is 0.581. The Bertz CT molecular complexity index is 1020. The van der Waals surface area contributed by atoms with Gasteiger partial charge >= 0.3 is 0 Å². The Hall–Kier alpha value is -3.41. The Balaban J connectivity index is 1.46. The quantitative estimate of drug-likeness (QED) is 0.591. The summed E-state index contributed by atoms with van der Waals surface area (Å²) in [6, 6.07) is 16.2. The average molecular weight is 345 g/mol. The van der Waals surface area contributed by atoms with Crippen molar-refractivity contribution in [3.8, 4) is 22.8 Å². The highest BCUT2D eigenvalue weighted by Crippen LogP contribution is 2.22. The summed E-state index contributed by atoms with van der Waals surface area (Å²) in [5, 5.41) is 11.5. The number of rotatable bonds is 5. The van der Waals surface area contributed by atoms with Gasteiger partial charge in [0.15, 0.2) is 5.82 Å².